The van der Waals surface area contributed by atoms with Crippen LogP contribution < -0.4 is 0 Å². The first-order valence-corrected chi connectivity index (χ1v) is 8.78. The predicted octanol–water partition coefficient (Wildman–Crippen LogP) is 5.42. The van der Waals surface area contributed by atoms with Gasteiger partial charge in [-0.25, -0.2) is 4.79 Å². The number of carboxylic acid groups (broad SMARTS) is 1. The van der Waals surface area contributed by atoms with E-state index in [-0.39, 0.29) is 17.1 Å². The molecule has 1 rings (SSSR count). The Morgan fingerprint density at radius 3 is 2.44 bits per heavy atom. The lowest BCUT2D eigenvalue weighted by Crippen LogP contribution is -2.31. The summed E-state index contributed by atoms with van der Waals surface area (Å²) in [5.41, 5.74) is 3.71. The number of hydrogen-bond acceptors (Lipinski definition) is 2. The molecule has 1 aliphatic carbocycles. The molecule has 1 atom stereocenters. The SMILES string of the molecule is CCC1CC(C)(C)C(/C=C/C(C)=C/C=C/C(C)=C/C(=O)O)=C(C)C1=O. The van der Waals surface area contributed by atoms with Gasteiger partial charge in [0.2, 0.25) is 0 Å². The number of aliphatic carboxylic acids is 1. The van der Waals surface area contributed by atoms with Crippen LogP contribution in [0.3, 0.4) is 0 Å². The molecule has 0 aliphatic heterocycles. The van der Waals surface area contributed by atoms with E-state index < -0.39 is 5.97 Å². The second kappa shape index (κ2) is 8.80. The van der Waals surface area contributed by atoms with Crippen molar-refractivity contribution in [3.8, 4) is 0 Å². The van der Waals surface area contributed by atoms with Crippen LogP contribution in [0.5, 0.6) is 0 Å². The molecule has 3 heteroatoms. The minimum Gasteiger partial charge on any atom is -0.478 e. The summed E-state index contributed by atoms with van der Waals surface area (Å²) in [6, 6.07) is 0. The molecule has 0 aromatic heterocycles. The Kier molecular flexibility index (Phi) is 7.35. The van der Waals surface area contributed by atoms with Crippen LogP contribution in [0.2, 0.25) is 0 Å². The molecular weight excluding hydrogens is 312 g/mol. The van der Waals surface area contributed by atoms with E-state index in [1.807, 2.05) is 32.1 Å². The number of rotatable bonds is 6. The van der Waals surface area contributed by atoms with Crippen LogP contribution in [0.25, 0.3) is 0 Å². The molecule has 0 aromatic rings. The van der Waals surface area contributed by atoms with E-state index in [9.17, 15) is 9.59 Å². The Balaban J connectivity index is 2.97. The van der Waals surface area contributed by atoms with Crippen molar-refractivity contribution in [3.63, 3.8) is 0 Å². The van der Waals surface area contributed by atoms with Gasteiger partial charge in [0.15, 0.2) is 5.78 Å². The van der Waals surface area contributed by atoms with Gasteiger partial charge in [-0.3, -0.25) is 4.79 Å². The largest absolute Gasteiger partial charge is 0.478 e. The monoisotopic (exact) mass is 342 g/mol. The highest BCUT2D eigenvalue weighted by Gasteiger charge is 2.36. The fourth-order valence-electron chi connectivity index (χ4n) is 3.31. The van der Waals surface area contributed by atoms with Crippen molar-refractivity contribution in [2.45, 2.75) is 54.4 Å². The van der Waals surface area contributed by atoms with Crippen LogP contribution in [0.4, 0.5) is 0 Å². The fourth-order valence-corrected chi connectivity index (χ4v) is 3.31. The molecule has 0 radical (unpaired) electrons. The quantitative estimate of drug-likeness (QED) is 0.518. The van der Waals surface area contributed by atoms with Gasteiger partial charge in [0.1, 0.15) is 0 Å². The summed E-state index contributed by atoms with van der Waals surface area (Å²) in [6.07, 6.45) is 12.5. The van der Waals surface area contributed by atoms with Gasteiger partial charge in [-0.15, -0.1) is 0 Å². The van der Waals surface area contributed by atoms with Gasteiger partial charge in [-0.05, 0) is 55.7 Å². The molecule has 0 amide bonds. The molecule has 0 saturated heterocycles. The first-order valence-electron chi connectivity index (χ1n) is 8.78. The summed E-state index contributed by atoms with van der Waals surface area (Å²) in [6.45, 7) is 12.1. The summed E-state index contributed by atoms with van der Waals surface area (Å²) in [5.74, 6) is -0.534. The van der Waals surface area contributed by atoms with Gasteiger partial charge in [-0.2, -0.15) is 0 Å². The van der Waals surface area contributed by atoms with Gasteiger partial charge < -0.3 is 5.11 Å². The van der Waals surface area contributed by atoms with E-state index in [1.54, 1.807) is 13.0 Å². The lowest BCUT2D eigenvalue weighted by molar-refractivity contribution is -0.131. The number of carbonyl (C=O) groups excluding carboxylic acids is 1. The van der Waals surface area contributed by atoms with Crippen LogP contribution in [0.15, 0.2) is 58.7 Å². The number of ketones is 1. The third-order valence-electron chi connectivity index (χ3n) is 4.71. The molecule has 0 bridgehead atoms. The van der Waals surface area contributed by atoms with E-state index in [1.165, 1.54) is 6.08 Å². The minimum absolute atomic E-state index is 0.00783. The zero-order valence-corrected chi connectivity index (χ0v) is 16.2. The molecule has 25 heavy (non-hydrogen) atoms. The Morgan fingerprint density at radius 1 is 1.24 bits per heavy atom. The molecular formula is C22H30O3. The van der Waals surface area contributed by atoms with Crippen molar-refractivity contribution >= 4 is 11.8 Å². The number of Topliss-reactive ketones (excluding diaryl/α,β-unsaturated/α-hetero) is 1. The van der Waals surface area contributed by atoms with Gasteiger partial charge in [0, 0.05) is 12.0 Å². The first kappa shape index (κ1) is 20.9. The Hall–Kier alpha value is -2.16. The molecule has 0 aromatic carbocycles. The van der Waals surface area contributed by atoms with Crippen LogP contribution in [-0.4, -0.2) is 16.9 Å². The summed E-state index contributed by atoms with van der Waals surface area (Å²) in [5, 5.41) is 8.68. The van der Waals surface area contributed by atoms with Crippen LogP contribution in [-0.2, 0) is 9.59 Å². The van der Waals surface area contributed by atoms with Crippen molar-refractivity contribution in [2.75, 3.05) is 0 Å². The second-order valence-corrected chi connectivity index (χ2v) is 7.43. The predicted molar refractivity (Wildman–Crippen MR) is 103 cm³/mol. The number of carbonyl (C=O) groups is 2. The van der Waals surface area contributed by atoms with Crippen molar-refractivity contribution in [2.24, 2.45) is 11.3 Å². The van der Waals surface area contributed by atoms with Gasteiger partial charge in [-0.1, -0.05) is 56.7 Å². The number of carboxylic acids is 1. The molecule has 3 nitrogen and oxygen atoms in total. The molecule has 1 N–H and O–H groups in total. The molecule has 1 unspecified atom stereocenters. The van der Waals surface area contributed by atoms with E-state index >= 15 is 0 Å². The fraction of sp³-hybridized carbons (Fsp3) is 0.455. The minimum atomic E-state index is -0.945. The summed E-state index contributed by atoms with van der Waals surface area (Å²) < 4.78 is 0. The average molecular weight is 342 g/mol. The van der Waals surface area contributed by atoms with Crippen molar-refractivity contribution in [3.05, 3.63) is 58.7 Å². The van der Waals surface area contributed by atoms with Gasteiger partial charge in [0.25, 0.3) is 0 Å². The zero-order chi connectivity index (χ0) is 19.2. The Labute approximate surface area is 151 Å². The summed E-state index contributed by atoms with van der Waals surface area (Å²) in [4.78, 5) is 23.0. The maximum Gasteiger partial charge on any atom is 0.328 e. The van der Waals surface area contributed by atoms with E-state index in [0.717, 1.165) is 29.6 Å². The van der Waals surface area contributed by atoms with E-state index in [0.29, 0.717) is 5.57 Å². The molecule has 0 saturated carbocycles. The van der Waals surface area contributed by atoms with E-state index in [4.69, 9.17) is 5.11 Å². The van der Waals surface area contributed by atoms with Crippen molar-refractivity contribution in [1.82, 2.24) is 0 Å². The molecule has 0 fully saturated rings. The summed E-state index contributed by atoms with van der Waals surface area (Å²) in [7, 11) is 0. The average Bonchev–Trinajstić information content (AvgIpc) is 2.49. The van der Waals surface area contributed by atoms with Crippen LogP contribution in [0, 0.1) is 11.3 Å². The number of allylic oxidation sites excluding steroid dienone is 9. The standard InChI is InChI=1S/C22H30O3/c1-7-18-14-22(5,6)19(17(4)21(18)25)12-11-15(2)9-8-10-16(3)13-20(23)24/h8-13,18H,7,14H2,1-6H3,(H,23,24)/b10-8+,12-11+,15-9+,16-13+. The Morgan fingerprint density at radius 2 is 1.88 bits per heavy atom. The maximum atomic E-state index is 12.5. The smallest absolute Gasteiger partial charge is 0.328 e. The highest BCUT2D eigenvalue weighted by Crippen LogP contribution is 2.43. The highest BCUT2D eigenvalue weighted by atomic mass is 16.4. The van der Waals surface area contributed by atoms with Crippen molar-refractivity contribution < 1.29 is 14.7 Å². The second-order valence-electron chi connectivity index (χ2n) is 7.43. The van der Waals surface area contributed by atoms with Gasteiger partial charge in [0.05, 0.1) is 0 Å². The lowest BCUT2D eigenvalue weighted by Gasteiger charge is -2.36. The zero-order valence-electron chi connectivity index (χ0n) is 16.2. The topological polar surface area (TPSA) is 54.4 Å². The molecule has 1 aliphatic rings. The lowest BCUT2D eigenvalue weighted by atomic mass is 9.67. The molecule has 136 valence electrons. The number of hydrogen-bond donors (Lipinski definition) is 1. The molecule has 0 heterocycles. The van der Waals surface area contributed by atoms with E-state index in [2.05, 4.69) is 26.8 Å². The van der Waals surface area contributed by atoms with Crippen LogP contribution >= 0.6 is 0 Å². The highest BCUT2D eigenvalue weighted by molar-refractivity contribution is 5.99. The van der Waals surface area contributed by atoms with Gasteiger partial charge >= 0.3 is 5.97 Å². The van der Waals surface area contributed by atoms with Crippen molar-refractivity contribution in [1.29, 1.82) is 0 Å². The maximum absolute atomic E-state index is 12.5. The third-order valence-corrected chi connectivity index (χ3v) is 4.71. The Bertz CT molecular complexity index is 682. The molecule has 0 spiro atoms. The first-order chi connectivity index (χ1) is 11.6. The normalized spacial score (nSPS) is 22.3. The third kappa shape index (κ3) is 6.00. The van der Waals surface area contributed by atoms with Crippen LogP contribution in [0.1, 0.15) is 54.4 Å². The summed E-state index contributed by atoms with van der Waals surface area (Å²) >= 11 is 0.